The van der Waals surface area contributed by atoms with Gasteiger partial charge in [0, 0.05) is 57.2 Å². The number of halogens is 2. The Balaban J connectivity index is 1.42. The maximum atomic E-state index is 13.2. The molecular weight excluding hydrogens is 386 g/mol. The number of hydrogen-bond donors (Lipinski definition) is 1. The van der Waals surface area contributed by atoms with Crippen LogP contribution in [0.4, 0.5) is 13.9 Å². The van der Waals surface area contributed by atoms with Crippen molar-refractivity contribution < 1.29 is 13.5 Å². The second-order valence-corrected chi connectivity index (χ2v) is 6.95. The number of piperazine rings is 1. The van der Waals surface area contributed by atoms with Crippen molar-refractivity contribution in [1.82, 2.24) is 19.6 Å². The van der Waals surface area contributed by atoms with Gasteiger partial charge in [0.2, 0.25) is 5.13 Å². The van der Waals surface area contributed by atoms with E-state index in [1.165, 1.54) is 17.6 Å². The van der Waals surface area contributed by atoms with Crippen LogP contribution in [0.3, 0.4) is 0 Å². The Morgan fingerprint density at radius 3 is 2.68 bits per heavy atom. The van der Waals surface area contributed by atoms with E-state index in [1.807, 2.05) is 0 Å². The molecule has 0 aliphatic carbocycles. The molecule has 152 valence electrons. The van der Waals surface area contributed by atoms with E-state index in [-0.39, 0.29) is 0 Å². The van der Waals surface area contributed by atoms with Gasteiger partial charge < -0.3 is 19.9 Å². The topological polar surface area (TPSA) is 65.9 Å². The Morgan fingerprint density at radius 2 is 2.04 bits per heavy atom. The quantitative estimate of drug-likeness (QED) is 0.447. The van der Waals surface area contributed by atoms with Crippen molar-refractivity contribution in [2.45, 2.75) is 13.3 Å². The molecule has 1 aromatic heterocycles. The molecule has 0 radical (unpaired) electrons. The van der Waals surface area contributed by atoms with Gasteiger partial charge in [0.05, 0.1) is 6.54 Å². The molecule has 1 fully saturated rings. The van der Waals surface area contributed by atoms with Crippen molar-refractivity contribution >= 4 is 22.6 Å². The first kappa shape index (κ1) is 20.2. The largest absolute Gasteiger partial charge is 0.492 e. The lowest BCUT2D eigenvalue weighted by Crippen LogP contribution is -2.53. The highest BCUT2D eigenvalue weighted by Gasteiger charge is 2.21. The number of anilines is 1. The minimum absolute atomic E-state index is 0.299. The van der Waals surface area contributed by atoms with Crippen LogP contribution in [0.25, 0.3) is 0 Å². The number of guanidine groups is 1. The first-order valence-electron chi connectivity index (χ1n) is 9.21. The number of hydrogen-bond acceptors (Lipinski definition) is 6. The van der Waals surface area contributed by atoms with Gasteiger partial charge in [0.1, 0.15) is 18.2 Å². The molecule has 1 saturated heterocycles. The molecule has 28 heavy (non-hydrogen) atoms. The van der Waals surface area contributed by atoms with Gasteiger partial charge in [-0.15, -0.1) is 0 Å². The first-order valence-corrected chi connectivity index (χ1v) is 9.99. The van der Waals surface area contributed by atoms with E-state index < -0.39 is 11.6 Å². The summed E-state index contributed by atoms with van der Waals surface area (Å²) in [5.74, 6) is 0.180. The van der Waals surface area contributed by atoms with Gasteiger partial charge in [-0.3, -0.25) is 4.99 Å². The van der Waals surface area contributed by atoms with Gasteiger partial charge in [0.15, 0.2) is 17.6 Å². The van der Waals surface area contributed by atoms with Gasteiger partial charge in [-0.2, -0.15) is 4.37 Å². The highest BCUT2D eigenvalue weighted by atomic mass is 32.1. The Hall–Kier alpha value is -2.49. The van der Waals surface area contributed by atoms with Crippen LogP contribution in [0.15, 0.2) is 23.2 Å². The molecule has 0 atom stereocenters. The average molecular weight is 410 g/mol. The van der Waals surface area contributed by atoms with Crippen LogP contribution >= 0.6 is 11.5 Å². The Morgan fingerprint density at radius 1 is 1.25 bits per heavy atom. The van der Waals surface area contributed by atoms with E-state index in [0.717, 1.165) is 61.6 Å². The lowest BCUT2D eigenvalue weighted by atomic mass is 10.3. The number of aromatic nitrogens is 2. The summed E-state index contributed by atoms with van der Waals surface area (Å²) in [5, 5.41) is 4.21. The lowest BCUT2D eigenvalue weighted by molar-refractivity contribution is 0.312. The van der Waals surface area contributed by atoms with E-state index in [0.29, 0.717) is 18.9 Å². The maximum absolute atomic E-state index is 13.2. The van der Waals surface area contributed by atoms with E-state index in [2.05, 4.69) is 36.4 Å². The fourth-order valence-electron chi connectivity index (χ4n) is 2.86. The Bertz CT molecular complexity index is 807. The summed E-state index contributed by atoms with van der Waals surface area (Å²) in [6, 6.07) is 3.50. The zero-order chi connectivity index (χ0) is 19.9. The van der Waals surface area contributed by atoms with Crippen LogP contribution in [0, 0.1) is 11.6 Å². The van der Waals surface area contributed by atoms with Crippen molar-refractivity contribution in [2.24, 2.45) is 4.99 Å². The van der Waals surface area contributed by atoms with E-state index >= 15 is 0 Å². The molecule has 10 heteroatoms. The molecule has 7 nitrogen and oxygen atoms in total. The van der Waals surface area contributed by atoms with Gasteiger partial charge in [-0.05, 0) is 12.1 Å². The lowest BCUT2D eigenvalue weighted by Gasteiger charge is -2.36. The van der Waals surface area contributed by atoms with Gasteiger partial charge in [-0.25, -0.2) is 13.8 Å². The number of benzene rings is 1. The predicted octanol–water partition coefficient (Wildman–Crippen LogP) is 2.16. The van der Waals surface area contributed by atoms with Crippen molar-refractivity contribution in [3.8, 4) is 5.75 Å². The summed E-state index contributed by atoms with van der Waals surface area (Å²) >= 11 is 1.45. The normalized spacial score (nSPS) is 15.1. The van der Waals surface area contributed by atoms with Gasteiger partial charge >= 0.3 is 0 Å². The van der Waals surface area contributed by atoms with Gasteiger partial charge in [0.25, 0.3) is 0 Å². The zero-order valence-electron chi connectivity index (χ0n) is 16.0. The highest BCUT2D eigenvalue weighted by molar-refractivity contribution is 7.09. The zero-order valence-corrected chi connectivity index (χ0v) is 16.8. The van der Waals surface area contributed by atoms with Crippen LogP contribution in [0.2, 0.25) is 0 Å². The second kappa shape index (κ2) is 9.63. The van der Waals surface area contributed by atoms with Crippen molar-refractivity contribution in [3.63, 3.8) is 0 Å². The minimum atomic E-state index is -0.916. The number of ether oxygens (including phenoxy) is 1. The van der Waals surface area contributed by atoms with Crippen LogP contribution in [-0.2, 0) is 6.42 Å². The molecule has 1 aromatic carbocycles. The third-order valence-corrected chi connectivity index (χ3v) is 5.19. The molecular formula is C18H24F2N6OS. The molecule has 1 aliphatic heterocycles. The SMILES string of the molecule is CCc1nsc(N2CCN(C(=NC)NCCOc3ccc(F)c(F)c3)CC2)n1. The van der Waals surface area contributed by atoms with E-state index in [1.54, 1.807) is 7.05 Å². The summed E-state index contributed by atoms with van der Waals surface area (Å²) in [6.07, 6.45) is 0.847. The van der Waals surface area contributed by atoms with Crippen LogP contribution in [-0.4, -0.2) is 66.6 Å². The monoisotopic (exact) mass is 410 g/mol. The summed E-state index contributed by atoms with van der Waals surface area (Å²) in [4.78, 5) is 13.3. The number of nitrogens with zero attached hydrogens (tertiary/aromatic N) is 5. The molecule has 1 N–H and O–H groups in total. The molecule has 2 heterocycles. The van der Waals surface area contributed by atoms with Gasteiger partial charge in [-0.1, -0.05) is 6.92 Å². The Kier molecular flexibility index (Phi) is 6.96. The van der Waals surface area contributed by atoms with Crippen molar-refractivity contribution in [1.29, 1.82) is 0 Å². The molecule has 0 bridgehead atoms. The number of rotatable bonds is 6. The molecule has 3 rings (SSSR count). The van der Waals surface area contributed by atoms with Crippen molar-refractivity contribution in [3.05, 3.63) is 35.7 Å². The highest BCUT2D eigenvalue weighted by Crippen LogP contribution is 2.19. The smallest absolute Gasteiger partial charge is 0.205 e. The van der Waals surface area contributed by atoms with Crippen LogP contribution in [0.5, 0.6) is 5.75 Å². The summed E-state index contributed by atoms with van der Waals surface area (Å²) in [7, 11) is 1.74. The number of aliphatic imine (C=N–C) groups is 1. The molecule has 2 aromatic rings. The number of nitrogens with one attached hydrogen (secondary N) is 1. The van der Waals surface area contributed by atoms with Crippen LogP contribution in [0.1, 0.15) is 12.7 Å². The predicted molar refractivity (Wildman–Crippen MR) is 106 cm³/mol. The third kappa shape index (κ3) is 5.06. The maximum Gasteiger partial charge on any atom is 0.205 e. The molecule has 0 amide bonds. The fourth-order valence-corrected chi connectivity index (χ4v) is 3.66. The standard InChI is InChI=1S/C18H24F2N6OS/c1-3-16-23-18(28-24-16)26-9-7-25(8-10-26)17(21-2)22-6-11-27-13-4-5-14(19)15(20)12-13/h4-5,12H,3,6-11H2,1-2H3,(H,21,22). The minimum Gasteiger partial charge on any atom is -0.492 e. The fraction of sp³-hybridized carbons (Fsp3) is 0.500. The molecule has 0 unspecified atom stereocenters. The van der Waals surface area contributed by atoms with E-state index in [4.69, 9.17) is 4.74 Å². The summed E-state index contributed by atoms with van der Waals surface area (Å²) in [5.41, 5.74) is 0. The Labute approximate surface area is 167 Å². The molecule has 1 aliphatic rings. The number of aryl methyl sites for hydroxylation is 1. The second-order valence-electron chi connectivity index (χ2n) is 6.22. The molecule has 0 spiro atoms. The average Bonchev–Trinajstić information content (AvgIpc) is 3.20. The first-order chi connectivity index (χ1) is 13.6. The van der Waals surface area contributed by atoms with Crippen LogP contribution < -0.4 is 15.0 Å². The van der Waals surface area contributed by atoms with Crippen molar-refractivity contribution in [2.75, 3.05) is 51.3 Å². The summed E-state index contributed by atoms with van der Waals surface area (Å²) < 4.78 is 35.9. The van der Waals surface area contributed by atoms with E-state index in [9.17, 15) is 8.78 Å². The molecule has 0 saturated carbocycles. The third-order valence-electron chi connectivity index (χ3n) is 4.38. The summed E-state index contributed by atoms with van der Waals surface area (Å²) in [6.45, 7) is 6.22.